The highest BCUT2D eigenvalue weighted by Crippen LogP contribution is 2.27. The smallest absolute Gasteiger partial charge is 0.335 e. The number of carbonyl (C=O) groups excluding carboxylic acids is 3. The summed E-state index contributed by atoms with van der Waals surface area (Å²) in [6.07, 6.45) is 62.9. The summed E-state index contributed by atoms with van der Waals surface area (Å²) in [7, 11) is 0. The van der Waals surface area contributed by atoms with Gasteiger partial charge in [0.25, 0.3) is 0 Å². The van der Waals surface area contributed by atoms with Gasteiger partial charge in [0.05, 0.1) is 6.61 Å². The number of unbranched alkanes of at least 4 members (excludes halogenated alkanes) is 32. The molecule has 0 aliphatic carbocycles. The Hall–Kier alpha value is -3.84. The lowest BCUT2D eigenvalue weighted by molar-refractivity contribution is -0.301. The van der Waals surface area contributed by atoms with Crippen molar-refractivity contribution in [1.29, 1.82) is 0 Å². The molecule has 1 aliphatic heterocycles. The van der Waals surface area contributed by atoms with E-state index in [-0.39, 0.29) is 25.9 Å². The van der Waals surface area contributed by atoms with Gasteiger partial charge in [0.15, 0.2) is 24.6 Å². The van der Waals surface area contributed by atoms with Gasteiger partial charge in [-0.1, -0.05) is 248 Å². The third-order valence-electron chi connectivity index (χ3n) is 15.2. The highest BCUT2D eigenvalue weighted by molar-refractivity contribution is 5.74. The van der Waals surface area contributed by atoms with Crippen LogP contribution < -0.4 is 0 Å². The van der Waals surface area contributed by atoms with Crippen LogP contribution in [0.25, 0.3) is 0 Å². The number of rotatable bonds is 58. The predicted molar refractivity (Wildman–Crippen MR) is 340 cm³/mol. The van der Waals surface area contributed by atoms with Crippen LogP contribution in [-0.2, 0) is 42.9 Å². The first-order valence-corrected chi connectivity index (χ1v) is 33.9. The molecular formula is C71H122O12. The van der Waals surface area contributed by atoms with Crippen molar-refractivity contribution in [3.63, 3.8) is 0 Å². The molecule has 12 heteroatoms. The minimum absolute atomic E-state index is 0.0525. The molecule has 0 bridgehead atoms. The van der Waals surface area contributed by atoms with Crippen molar-refractivity contribution in [2.24, 2.45) is 0 Å². The summed E-state index contributed by atoms with van der Waals surface area (Å²) in [5.41, 5.74) is 0. The van der Waals surface area contributed by atoms with E-state index in [4.69, 9.17) is 23.7 Å². The van der Waals surface area contributed by atoms with E-state index in [1.165, 1.54) is 154 Å². The molecule has 1 fully saturated rings. The van der Waals surface area contributed by atoms with E-state index in [0.29, 0.717) is 19.3 Å². The van der Waals surface area contributed by atoms with Crippen LogP contribution in [0.1, 0.15) is 303 Å². The molecule has 6 atom stereocenters. The summed E-state index contributed by atoms with van der Waals surface area (Å²) < 4.78 is 28.5. The van der Waals surface area contributed by atoms with Gasteiger partial charge in [-0.15, -0.1) is 0 Å². The van der Waals surface area contributed by atoms with Gasteiger partial charge < -0.3 is 39.0 Å². The molecule has 0 saturated carbocycles. The topological polar surface area (TPSA) is 175 Å². The maximum absolute atomic E-state index is 13.2. The second-order valence-electron chi connectivity index (χ2n) is 23.1. The summed E-state index contributed by atoms with van der Waals surface area (Å²) in [6.45, 7) is 5.88. The van der Waals surface area contributed by atoms with Gasteiger partial charge in [0, 0.05) is 19.3 Å². The minimum Gasteiger partial charge on any atom is -0.479 e. The monoisotopic (exact) mass is 1170 g/mol. The third-order valence-corrected chi connectivity index (χ3v) is 15.2. The van der Waals surface area contributed by atoms with Crippen LogP contribution in [-0.4, -0.2) is 89.2 Å². The predicted octanol–water partition coefficient (Wildman–Crippen LogP) is 18.5. The number of allylic oxidation sites excluding steroid dienone is 12. The van der Waals surface area contributed by atoms with Gasteiger partial charge in [-0.25, -0.2) is 4.79 Å². The zero-order valence-electron chi connectivity index (χ0n) is 52.9. The Kier molecular flexibility index (Phi) is 54.4. The van der Waals surface area contributed by atoms with Gasteiger partial charge in [-0.05, 0) is 109 Å². The Morgan fingerprint density at radius 1 is 0.410 bits per heavy atom. The Labute approximate surface area is 506 Å². The molecular weight excluding hydrogens is 1040 g/mol. The number of aliphatic hydroxyl groups is 2. The van der Waals surface area contributed by atoms with Gasteiger partial charge in [-0.2, -0.15) is 0 Å². The molecule has 0 amide bonds. The minimum atomic E-state index is -1.91. The lowest BCUT2D eigenvalue weighted by Gasteiger charge is -2.40. The molecule has 3 N–H and O–H groups in total. The Bertz CT molecular complexity index is 1720. The SMILES string of the molecule is CC/C=C\C/C=C\C/C=C\C/C=C\CCCCC(=O)OC(COC(=O)CCCCCCCCCCC/C=C\CCCCCCCC)COC1OC(C(=O)O)C(O)C(O)C1OC(=O)CCCCCCCCCCC/C=C\CCCCCCCC. The number of hydrogen-bond acceptors (Lipinski definition) is 11. The quantitative estimate of drug-likeness (QED) is 0.0228. The second-order valence-corrected chi connectivity index (χ2v) is 23.1. The van der Waals surface area contributed by atoms with Crippen molar-refractivity contribution < 1.29 is 58.2 Å². The number of carboxylic acid groups (broad SMARTS) is 1. The average molecular weight is 1170 g/mol. The first-order valence-electron chi connectivity index (χ1n) is 33.9. The normalized spacial score (nSPS) is 18.0. The molecule has 0 radical (unpaired) electrons. The lowest BCUT2D eigenvalue weighted by atomic mass is 9.98. The fourth-order valence-corrected chi connectivity index (χ4v) is 10.1. The van der Waals surface area contributed by atoms with Crippen molar-refractivity contribution in [2.75, 3.05) is 13.2 Å². The summed E-state index contributed by atoms with van der Waals surface area (Å²) in [5.74, 6) is -3.17. The van der Waals surface area contributed by atoms with Gasteiger partial charge in [-0.3, -0.25) is 14.4 Å². The molecule has 12 nitrogen and oxygen atoms in total. The maximum Gasteiger partial charge on any atom is 0.335 e. The van der Waals surface area contributed by atoms with Gasteiger partial charge in [0.2, 0.25) is 0 Å². The van der Waals surface area contributed by atoms with Crippen LogP contribution in [0.3, 0.4) is 0 Å². The van der Waals surface area contributed by atoms with E-state index >= 15 is 0 Å². The number of esters is 3. The van der Waals surface area contributed by atoms with Crippen LogP contribution in [0.15, 0.2) is 72.9 Å². The van der Waals surface area contributed by atoms with Gasteiger partial charge >= 0.3 is 23.9 Å². The number of ether oxygens (including phenoxy) is 5. The second kappa shape index (κ2) is 58.5. The third kappa shape index (κ3) is 48.0. The molecule has 6 unspecified atom stereocenters. The zero-order chi connectivity index (χ0) is 60.3. The zero-order valence-corrected chi connectivity index (χ0v) is 52.9. The number of hydrogen-bond donors (Lipinski definition) is 3. The number of aliphatic carboxylic acids is 1. The van der Waals surface area contributed by atoms with Crippen molar-refractivity contribution in [1.82, 2.24) is 0 Å². The maximum atomic E-state index is 13.2. The van der Waals surface area contributed by atoms with E-state index in [2.05, 4.69) is 93.7 Å². The van der Waals surface area contributed by atoms with Crippen molar-refractivity contribution in [3.8, 4) is 0 Å². The lowest BCUT2D eigenvalue weighted by Crippen LogP contribution is -2.61. The molecule has 0 aromatic rings. The van der Waals surface area contributed by atoms with Crippen LogP contribution in [0.2, 0.25) is 0 Å². The van der Waals surface area contributed by atoms with Crippen LogP contribution in [0.4, 0.5) is 0 Å². The van der Waals surface area contributed by atoms with Crippen LogP contribution >= 0.6 is 0 Å². The summed E-state index contributed by atoms with van der Waals surface area (Å²) >= 11 is 0. The van der Waals surface area contributed by atoms with Crippen molar-refractivity contribution in [3.05, 3.63) is 72.9 Å². The van der Waals surface area contributed by atoms with E-state index in [1.54, 1.807) is 0 Å². The number of aliphatic hydroxyl groups excluding tert-OH is 2. The van der Waals surface area contributed by atoms with Crippen molar-refractivity contribution >= 4 is 23.9 Å². The molecule has 0 spiro atoms. The number of carboxylic acids is 1. The van der Waals surface area contributed by atoms with E-state index in [0.717, 1.165) is 89.9 Å². The largest absolute Gasteiger partial charge is 0.479 e. The molecule has 0 aromatic carbocycles. The molecule has 1 rings (SSSR count). The molecule has 83 heavy (non-hydrogen) atoms. The average Bonchev–Trinajstić information content (AvgIpc) is 3.60. The Morgan fingerprint density at radius 3 is 1.19 bits per heavy atom. The Morgan fingerprint density at radius 2 is 0.759 bits per heavy atom. The highest BCUT2D eigenvalue weighted by atomic mass is 16.7. The first kappa shape index (κ1) is 77.2. The van der Waals surface area contributed by atoms with Crippen LogP contribution in [0, 0.1) is 0 Å². The van der Waals surface area contributed by atoms with Crippen LogP contribution in [0.5, 0.6) is 0 Å². The molecule has 478 valence electrons. The summed E-state index contributed by atoms with van der Waals surface area (Å²) in [5, 5.41) is 31.6. The molecule has 1 heterocycles. The summed E-state index contributed by atoms with van der Waals surface area (Å²) in [4.78, 5) is 51.4. The van der Waals surface area contributed by atoms with Gasteiger partial charge in [0.1, 0.15) is 18.8 Å². The van der Waals surface area contributed by atoms with Crippen molar-refractivity contribution in [2.45, 2.75) is 340 Å². The first-order chi connectivity index (χ1) is 40.6. The summed E-state index contributed by atoms with van der Waals surface area (Å²) in [6, 6.07) is 0. The van der Waals surface area contributed by atoms with E-state index < -0.39 is 67.3 Å². The molecule has 1 aliphatic rings. The van der Waals surface area contributed by atoms with E-state index in [9.17, 15) is 34.5 Å². The standard InChI is InChI=1S/C71H122O12/c1-4-7-10-13-16-19-22-25-28-30-32-34-37-39-42-45-48-51-54-57-63(72)79-60-62(81-64(73)58-55-52-49-46-43-40-36-27-24-21-18-15-12-9-6-3)61-80-71-69(67(76)66(75)68(83-71)70(77)78)82-65(74)59-56-53-50-47-44-41-38-35-33-31-29-26-23-20-17-14-11-8-5-2/h9,12,18,21,25-29,36,43,46,62,66-69,71,75-76H,4-8,10-11,13-17,19-20,22-24,30-35,37-42,44-45,47-61H2,1-3H3,(H,77,78)/b12-9-,21-18-,28-25-,29-26-,36-27-,46-43-. The molecule has 1 saturated heterocycles. The molecule has 0 aromatic heterocycles. The number of carbonyl (C=O) groups is 4. The fraction of sp³-hybridized carbons (Fsp3) is 0.775. The fourth-order valence-electron chi connectivity index (χ4n) is 10.1. The highest BCUT2D eigenvalue weighted by Gasteiger charge is 2.50. The Balaban J connectivity index is 2.65. The van der Waals surface area contributed by atoms with E-state index in [1.807, 2.05) is 0 Å².